The van der Waals surface area contributed by atoms with Gasteiger partial charge in [-0.15, -0.1) is 0 Å². The second-order valence-corrected chi connectivity index (χ2v) is 30.4. The van der Waals surface area contributed by atoms with E-state index in [4.69, 9.17) is 18.1 Å². The van der Waals surface area contributed by atoms with E-state index in [-0.39, 0.29) is 5.41 Å². The van der Waals surface area contributed by atoms with E-state index in [9.17, 15) is 0 Å². The van der Waals surface area contributed by atoms with E-state index in [0.29, 0.717) is 36.1 Å². The van der Waals surface area contributed by atoms with Gasteiger partial charge < -0.3 is 18.1 Å². The number of hydrogen-bond donors (Lipinski definition) is 0. The van der Waals surface area contributed by atoms with Crippen LogP contribution in [0.4, 0.5) is 0 Å². The molecule has 4 aliphatic rings. The Bertz CT molecular complexity index is 894. The van der Waals surface area contributed by atoms with Crippen molar-refractivity contribution in [2.45, 2.75) is 136 Å². The van der Waals surface area contributed by atoms with Crippen LogP contribution in [0.5, 0.6) is 0 Å². The predicted molar refractivity (Wildman–Crippen MR) is 171 cm³/mol. The summed E-state index contributed by atoms with van der Waals surface area (Å²) in [5, 5.41) is 4.64. The van der Waals surface area contributed by atoms with Crippen molar-refractivity contribution in [3.63, 3.8) is 0 Å². The van der Waals surface area contributed by atoms with Crippen molar-refractivity contribution in [2.24, 2.45) is 45.6 Å². The largest absolute Gasteiger partial charge is 0.415 e. The Hall–Kier alpha value is 0.000649. The zero-order valence-corrected chi connectivity index (χ0v) is 30.5. The van der Waals surface area contributed by atoms with E-state index in [1.807, 2.05) is 0 Å². The molecule has 0 unspecified atom stereocenters. The van der Waals surface area contributed by atoms with E-state index in [0.717, 1.165) is 29.9 Å². The summed E-state index contributed by atoms with van der Waals surface area (Å²) >= 11 is 0. The number of oxime groups is 1. The number of rotatable bonds is 9. The van der Waals surface area contributed by atoms with Gasteiger partial charge in [0.25, 0.3) is 0 Å². The average molecular weight is 596 g/mol. The van der Waals surface area contributed by atoms with Gasteiger partial charge in [-0.1, -0.05) is 19.0 Å². The molecule has 9 atom stereocenters. The van der Waals surface area contributed by atoms with Gasteiger partial charge >= 0.3 is 0 Å². The highest BCUT2D eigenvalue weighted by atomic mass is 28.4. The van der Waals surface area contributed by atoms with Crippen molar-refractivity contribution in [2.75, 3.05) is 13.7 Å². The van der Waals surface area contributed by atoms with Crippen LogP contribution in [0.15, 0.2) is 5.16 Å². The molecule has 5 nitrogen and oxygen atoms in total. The van der Waals surface area contributed by atoms with Gasteiger partial charge in [-0.05, 0) is 145 Å². The second kappa shape index (κ2) is 11.3. The summed E-state index contributed by atoms with van der Waals surface area (Å²) in [6.45, 7) is 26.9. The van der Waals surface area contributed by atoms with Gasteiger partial charge in [0.15, 0.2) is 25.0 Å². The lowest BCUT2D eigenvalue weighted by Crippen LogP contribution is -2.61. The van der Waals surface area contributed by atoms with Crippen LogP contribution in [0, 0.1) is 40.4 Å². The quantitative estimate of drug-likeness (QED) is 0.152. The molecule has 4 saturated carbocycles. The molecule has 4 aliphatic carbocycles. The van der Waals surface area contributed by atoms with E-state index in [1.165, 1.54) is 44.9 Å². The maximum absolute atomic E-state index is 7.26. The molecule has 8 heteroatoms. The first kappa shape index (κ1) is 31.9. The zero-order valence-electron chi connectivity index (χ0n) is 27.5. The van der Waals surface area contributed by atoms with Crippen molar-refractivity contribution >= 4 is 30.7 Å². The first-order chi connectivity index (χ1) is 17.9. The lowest BCUT2D eigenvalue weighted by Gasteiger charge is -2.64. The Morgan fingerprint density at radius 1 is 0.795 bits per heavy atom. The topological polar surface area (TPSA) is 49.3 Å². The molecule has 0 saturated heterocycles. The molecule has 39 heavy (non-hydrogen) atoms. The van der Waals surface area contributed by atoms with Crippen LogP contribution in [0.1, 0.15) is 65.2 Å². The van der Waals surface area contributed by atoms with Crippen LogP contribution >= 0.6 is 0 Å². The molecule has 4 fully saturated rings. The monoisotopic (exact) mass is 595 g/mol. The Morgan fingerprint density at radius 3 is 2.05 bits per heavy atom. The first-order valence-electron chi connectivity index (χ1n) is 16.0. The van der Waals surface area contributed by atoms with Gasteiger partial charge in [0.2, 0.25) is 0 Å². The molecule has 0 aliphatic heterocycles. The van der Waals surface area contributed by atoms with Gasteiger partial charge in [-0.25, -0.2) is 0 Å². The molecular weight excluding hydrogens is 535 g/mol. The average Bonchev–Trinajstić information content (AvgIpc) is 3.10. The smallest absolute Gasteiger partial charge is 0.184 e. The SMILES string of the molecule is CO/N=C(\CO[Si](C)(C)C)[C@H]1CC[C@H]2[C@@H]3CC[C@@H]4C[C@@H](O[Si](C)(C)C)CC[C@]4(C)[C@H]3[C@@H](O[Si](C)(C)C)C[C@]12C. The molecule has 0 spiro atoms. The minimum absolute atomic E-state index is 0.187. The number of fused-ring (bicyclic) bond motifs is 5. The third-order valence-electron chi connectivity index (χ3n) is 10.8. The Morgan fingerprint density at radius 2 is 1.46 bits per heavy atom. The molecule has 0 aromatic carbocycles. The Balaban J connectivity index is 1.64. The maximum Gasteiger partial charge on any atom is 0.184 e. The van der Waals surface area contributed by atoms with Crippen LogP contribution in [0.3, 0.4) is 0 Å². The van der Waals surface area contributed by atoms with Crippen molar-refractivity contribution in [3.8, 4) is 0 Å². The lowest BCUT2D eigenvalue weighted by atomic mass is 9.44. The first-order valence-corrected chi connectivity index (χ1v) is 26.2. The fourth-order valence-corrected chi connectivity index (χ4v) is 12.6. The van der Waals surface area contributed by atoms with Gasteiger partial charge in [-0.2, -0.15) is 0 Å². The summed E-state index contributed by atoms with van der Waals surface area (Å²) in [5.74, 6) is 3.32. The number of nitrogens with zero attached hydrogens (tertiary/aromatic N) is 1. The predicted octanol–water partition coefficient (Wildman–Crippen LogP) is 8.55. The molecule has 0 aromatic rings. The van der Waals surface area contributed by atoms with Crippen molar-refractivity contribution < 1.29 is 18.1 Å². The van der Waals surface area contributed by atoms with Crippen LogP contribution in [-0.4, -0.2) is 56.6 Å². The third kappa shape index (κ3) is 6.98. The fourth-order valence-electron chi connectivity index (χ4n) is 9.62. The van der Waals surface area contributed by atoms with E-state index < -0.39 is 25.0 Å². The van der Waals surface area contributed by atoms with E-state index in [2.05, 4.69) is 77.9 Å². The van der Waals surface area contributed by atoms with Crippen molar-refractivity contribution in [3.05, 3.63) is 0 Å². The molecular formula is C31H61NO4Si3. The Kier molecular flexibility index (Phi) is 9.21. The lowest BCUT2D eigenvalue weighted by molar-refractivity contribution is -0.168. The molecule has 0 heterocycles. The molecule has 4 rings (SSSR count). The normalized spacial score (nSPS) is 41.5. The molecule has 0 radical (unpaired) electrons. The van der Waals surface area contributed by atoms with Crippen LogP contribution in [0.25, 0.3) is 0 Å². The second-order valence-electron chi connectivity index (χ2n) is 17.0. The summed E-state index contributed by atoms with van der Waals surface area (Å²) in [6, 6.07) is 0. The molecule has 226 valence electrons. The summed E-state index contributed by atoms with van der Waals surface area (Å²) < 4.78 is 20.4. The summed E-state index contributed by atoms with van der Waals surface area (Å²) in [7, 11) is -3.21. The minimum atomic E-state index is -1.73. The fraction of sp³-hybridized carbons (Fsp3) is 0.968. The molecule has 0 aromatic heterocycles. The molecule has 0 N–H and O–H groups in total. The molecule has 0 amide bonds. The standard InChI is InChI=1S/C31H61NO4Si3/c1-30-18-17-23(35-38(7,8)9)19-22(30)13-14-24-25-15-16-26(27(32-33-3)21-34-37(4,5)6)31(25,2)20-28(29(24)30)36-39(10,11)12/h22-26,28-29H,13-21H2,1-12H3/b32-27+/t22-,23+,24+,25+,26-,28+,29-,30+,31+/m1/s1. The highest BCUT2D eigenvalue weighted by molar-refractivity contribution is 6.70. The van der Waals surface area contributed by atoms with Crippen LogP contribution in [-0.2, 0) is 18.1 Å². The zero-order chi connectivity index (χ0) is 29.0. The van der Waals surface area contributed by atoms with Crippen molar-refractivity contribution in [1.29, 1.82) is 0 Å². The third-order valence-corrected chi connectivity index (χ3v) is 13.9. The maximum atomic E-state index is 7.26. The summed E-state index contributed by atoms with van der Waals surface area (Å²) in [6.07, 6.45) is 11.0. The highest BCUT2D eigenvalue weighted by Gasteiger charge is 2.64. The van der Waals surface area contributed by atoms with E-state index in [1.54, 1.807) is 7.11 Å². The minimum Gasteiger partial charge on any atom is -0.415 e. The van der Waals surface area contributed by atoms with E-state index >= 15 is 0 Å². The van der Waals surface area contributed by atoms with Gasteiger partial charge in [0.05, 0.1) is 12.3 Å². The van der Waals surface area contributed by atoms with Gasteiger partial charge in [0, 0.05) is 18.1 Å². The summed E-state index contributed by atoms with van der Waals surface area (Å²) in [5.41, 5.74) is 1.68. The summed E-state index contributed by atoms with van der Waals surface area (Å²) in [4.78, 5) is 5.44. The highest BCUT2D eigenvalue weighted by Crippen LogP contribution is 2.68. The van der Waals surface area contributed by atoms with Crippen molar-refractivity contribution in [1.82, 2.24) is 0 Å². The number of hydrogen-bond acceptors (Lipinski definition) is 5. The molecule has 0 bridgehead atoms. The van der Waals surface area contributed by atoms with Gasteiger partial charge in [-0.3, -0.25) is 0 Å². The van der Waals surface area contributed by atoms with Crippen LogP contribution < -0.4 is 0 Å². The van der Waals surface area contributed by atoms with Gasteiger partial charge in [0.1, 0.15) is 7.11 Å². The van der Waals surface area contributed by atoms with Crippen LogP contribution in [0.2, 0.25) is 58.9 Å². The Labute approximate surface area is 243 Å².